The lowest BCUT2D eigenvalue weighted by molar-refractivity contribution is -0.152. The Bertz CT molecular complexity index is 632. The van der Waals surface area contributed by atoms with E-state index < -0.39 is 27.3 Å². The first kappa shape index (κ1) is 15.9. The fourth-order valence-corrected chi connectivity index (χ4v) is 2.04. The van der Waals surface area contributed by atoms with Crippen molar-refractivity contribution in [2.75, 3.05) is 0 Å². The molecule has 0 aliphatic carbocycles. The van der Waals surface area contributed by atoms with Gasteiger partial charge in [0.15, 0.2) is 0 Å². The summed E-state index contributed by atoms with van der Waals surface area (Å²) < 4.78 is 25.1. The summed E-state index contributed by atoms with van der Waals surface area (Å²) in [6, 6.07) is 8.63. The number of carboxylic acids is 1. The summed E-state index contributed by atoms with van der Waals surface area (Å²) in [5, 5.41) is 9.66. The number of carboxylic acid groups (broad SMARTS) is 1. The molecule has 0 spiro atoms. The van der Waals surface area contributed by atoms with E-state index >= 15 is 0 Å². The molecule has 0 atom stereocenters. The first-order chi connectivity index (χ1) is 9.15. The fourth-order valence-electron chi connectivity index (χ4n) is 1.12. The summed E-state index contributed by atoms with van der Waals surface area (Å²) in [6.07, 6.45) is 1.31. The molecule has 108 valence electrons. The molecule has 0 fully saturated rings. The van der Waals surface area contributed by atoms with Crippen molar-refractivity contribution in [3.63, 3.8) is 0 Å². The van der Waals surface area contributed by atoms with Crippen LogP contribution in [0.4, 0.5) is 0 Å². The Kier molecular flexibility index (Phi) is 4.67. The SMILES string of the molecule is CC(C)(C(=O)O)C(=O)NS(=O)(=O)/C=C/c1ccccc1. The second-order valence-electron chi connectivity index (χ2n) is 4.62. The molecule has 0 saturated carbocycles. The lowest BCUT2D eigenvalue weighted by atomic mass is 9.93. The van der Waals surface area contributed by atoms with E-state index in [9.17, 15) is 18.0 Å². The van der Waals surface area contributed by atoms with Crippen molar-refractivity contribution in [3.05, 3.63) is 41.3 Å². The maximum absolute atomic E-state index is 11.7. The Balaban J connectivity index is 2.84. The van der Waals surface area contributed by atoms with Gasteiger partial charge in [-0.05, 0) is 25.5 Å². The number of amides is 1. The van der Waals surface area contributed by atoms with E-state index in [0.717, 1.165) is 19.3 Å². The molecule has 0 bridgehead atoms. The molecular weight excluding hydrogens is 282 g/mol. The number of hydrogen-bond acceptors (Lipinski definition) is 4. The van der Waals surface area contributed by atoms with E-state index in [4.69, 9.17) is 5.11 Å². The van der Waals surface area contributed by atoms with Crippen molar-refractivity contribution in [1.29, 1.82) is 0 Å². The van der Waals surface area contributed by atoms with E-state index in [0.29, 0.717) is 5.56 Å². The van der Waals surface area contributed by atoms with Crippen LogP contribution in [-0.2, 0) is 19.6 Å². The van der Waals surface area contributed by atoms with Crippen LogP contribution in [0.1, 0.15) is 19.4 Å². The van der Waals surface area contributed by atoms with Gasteiger partial charge in [0.2, 0.25) is 0 Å². The number of carbonyl (C=O) groups excluding carboxylic acids is 1. The Morgan fingerprint density at radius 1 is 1.20 bits per heavy atom. The maximum atomic E-state index is 11.7. The third-order valence-corrected chi connectivity index (χ3v) is 3.54. The van der Waals surface area contributed by atoms with Crippen molar-refractivity contribution in [1.82, 2.24) is 4.72 Å². The predicted molar refractivity (Wildman–Crippen MR) is 74.0 cm³/mol. The van der Waals surface area contributed by atoms with E-state index in [1.54, 1.807) is 35.1 Å². The summed E-state index contributed by atoms with van der Waals surface area (Å²) in [5.74, 6) is -2.50. The minimum absolute atomic E-state index is 0.641. The van der Waals surface area contributed by atoms with Gasteiger partial charge in [-0.3, -0.25) is 9.59 Å². The zero-order chi connectivity index (χ0) is 15.4. The molecular formula is C13H15NO5S. The maximum Gasteiger partial charge on any atom is 0.318 e. The molecule has 20 heavy (non-hydrogen) atoms. The minimum atomic E-state index is -4.04. The highest BCUT2D eigenvalue weighted by atomic mass is 32.2. The van der Waals surface area contributed by atoms with Gasteiger partial charge in [0.05, 0.1) is 5.41 Å². The van der Waals surface area contributed by atoms with Gasteiger partial charge < -0.3 is 5.11 Å². The molecule has 0 radical (unpaired) electrons. The van der Waals surface area contributed by atoms with Crippen LogP contribution in [0.3, 0.4) is 0 Å². The van der Waals surface area contributed by atoms with Gasteiger partial charge in [0.25, 0.3) is 15.9 Å². The smallest absolute Gasteiger partial charge is 0.318 e. The summed E-state index contributed by atoms with van der Waals surface area (Å²) in [5.41, 5.74) is -1.18. The molecule has 1 rings (SSSR count). The van der Waals surface area contributed by atoms with Crippen LogP contribution in [0.25, 0.3) is 6.08 Å². The largest absolute Gasteiger partial charge is 0.480 e. The van der Waals surface area contributed by atoms with Crippen LogP contribution in [0.5, 0.6) is 0 Å². The van der Waals surface area contributed by atoms with E-state index in [2.05, 4.69) is 0 Å². The van der Waals surface area contributed by atoms with Gasteiger partial charge in [0.1, 0.15) is 5.41 Å². The lowest BCUT2D eigenvalue weighted by Crippen LogP contribution is -2.44. The number of hydrogen-bond donors (Lipinski definition) is 2. The van der Waals surface area contributed by atoms with E-state index in [1.807, 2.05) is 0 Å². The average molecular weight is 297 g/mol. The van der Waals surface area contributed by atoms with Gasteiger partial charge in [-0.1, -0.05) is 30.3 Å². The molecule has 0 saturated heterocycles. The number of carbonyl (C=O) groups is 2. The molecule has 0 aromatic heterocycles. The highest BCUT2D eigenvalue weighted by molar-refractivity contribution is 7.93. The molecule has 0 unspecified atom stereocenters. The second kappa shape index (κ2) is 5.87. The summed E-state index contributed by atoms with van der Waals surface area (Å²) in [7, 11) is -4.04. The molecule has 6 nitrogen and oxygen atoms in total. The van der Waals surface area contributed by atoms with Crippen molar-refractivity contribution in [3.8, 4) is 0 Å². The van der Waals surface area contributed by atoms with Crippen LogP contribution in [0, 0.1) is 5.41 Å². The standard InChI is InChI=1S/C13H15NO5S/c1-13(2,12(16)17)11(15)14-20(18,19)9-8-10-6-4-3-5-7-10/h3-9H,1-2H3,(H,14,15)(H,16,17)/b9-8+. The zero-order valence-corrected chi connectivity index (χ0v) is 11.8. The van der Waals surface area contributed by atoms with Crippen molar-refractivity contribution >= 4 is 28.0 Å². The third kappa shape index (κ3) is 4.20. The van der Waals surface area contributed by atoms with E-state index in [-0.39, 0.29) is 0 Å². The normalized spacial score (nSPS) is 12.3. The molecule has 2 N–H and O–H groups in total. The number of sulfonamides is 1. The summed E-state index contributed by atoms with van der Waals surface area (Å²) in [4.78, 5) is 22.5. The quantitative estimate of drug-likeness (QED) is 0.796. The topological polar surface area (TPSA) is 101 Å². The van der Waals surface area contributed by atoms with E-state index in [1.165, 1.54) is 6.08 Å². The summed E-state index contributed by atoms with van der Waals surface area (Å²) >= 11 is 0. The van der Waals surface area contributed by atoms with Crippen LogP contribution in [0.2, 0.25) is 0 Å². The lowest BCUT2D eigenvalue weighted by Gasteiger charge is -2.17. The van der Waals surface area contributed by atoms with Gasteiger partial charge in [-0.25, -0.2) is 13.1 Å². The van der Waals surface area contributed by atoms with Gasteiger partial charge in [0, 0.05) is 0 Å². The molecule has 0 aliphatic heterocycles. The van der Waals surface area contributed by atoms with Crippen molar-refractivity contribution in [2.45, 2.75) is 13.8 Å². The minimum Gasteiger partial charge on any atom is -0.480 e. The second-order valence-corrected chi connectivity index (χ2v) is 6.19. The van der Waals surface area contributed by atoms with Crippen LogP contribution >= 0.6 is 0 Å². The molecule has 1 aromatic rings. The van der Waals surface area contributed by atoms with Crippen LogP contribution in [-0.4, -0.2) is 25.4 Å². The Hall–Kier alpha value is -2.15. The average Bonchev–Trinajstić information content (AvgIpc) is 2.37. The highest BCUT2D eigenvalue weighted by Gasteiger charge is 2.37. The van der Waals surface area contributed by atoms with Gasteiger partial charge in [-0.15, -0.1) is 0 Å². The van der Waals surface area contributed by atoms with Gasteiger partial charge in [-0.2, -0.15) is 0 Å². The van der Waals surface area contributed by atoms with Crippen molar-refractivity contribution < 1.29 is 23.1 Å². The third-order valence-electron chi connectivity index (χ3n) is 2.58. The highest BCUT2D eigenvalue weighted by Crippen LogP contribution is 2.15. The van der Waals surface area contributed by atoms with Crippen LogP contribution in [0.15, 0.2) is 35.7 Å². The Morgan fingerprint density at radius 2 is 1.75 bits per heavy atom. The number of benzene rings is 1. The first-order valence-electron chi connectivity index (χ1n) is 5.69. The fraction of sp³-hybridized carbons (Fsp3) is 0.231. The molecule has 1 amide bonds. The Morgan fingerprint density at radius 3 is 2.25 bits per heavy atom. The zero-order valence-electron chi connectivity index (χ0n) is 11.0. The summed E-state index contributed by atoms with van der Waals surface area (Å²) in [6.45, 7) is 2.25. The molecule has 0 aliphatic rings. The molecule has 0 heterocycles. The molecule has 1 aromatic carbocycles. The predicted octanol–water partition coefficient (Wildman–Crippen LogP) is 1.21. The monoisotopic (exact) mass is 297 g/mol. The number of rotatable bonds is 5. The first-order valence-corrected chi connectivity index (χ1v) is 7.23. The van der Waals surface area contributed by atoms with Gasteiger partial charge >= 0.3 is 5.97 Å². The number of aliphatic carboxylic acids is 1. The molecule has 7 heteroatoms. The number of nitrogens with one attached hydrogen (secondary N) is 1. The Labute approximate surface area is 117 Å². The van der Waals surface area contributed by atoms with Crippen LogP contribution < -0.4 is 4.72 Å². The van der Waals surface area contributed by atoms with Crippen molar-refractivity contribution in [2.24, 2.45) is 5.41 Å².